The lowest BCUT2D eigenvalue weighted by Gasteiger charge is -2.04. The van der Waals surface area contributed by atoms with E-state index in [-0.39, 0.29) is 12.4 Å². The molecule has 0 aliphatic carbocycles. The van der Waals surface area contributed by atoms with Crippen molar-refractivity contribution in [2.75, 3.05) is 7.05 Å². The molecule has 1 N–H and O–H groups in total. The van der Waals surface area contributed by atoms with E-state index in [1.165, 1.54) is 11.3 Å². The fourth-order valence-electron chi connectivity index (χ4n) is 1.79. The van der Waals surface area contributed by atoms with Crippen molar-refractivity contribution in [2.24, 2.45) is 0 Å². The zero-order valence-corrected chi connectivity index (χ0v) is 13.8. The first-order chi connectivity index (χ1) is 10.3. The predicted molar refractivity (Wildman–Crippen MR) is 88.1 cm³/mol. The summed E-state index contributed by atoms with van der Waals surface area (Å²) in [6, 6.07) is 6.05. The van der Waals surface area contributed by atoms with Gasteiger partial charge in [-0.1, -0.05) is 11.2 Å². The Labute approximate surface area is 138 Å². The van der Waals surface area contributed by atoms with Gasteiger partial charge >= 0.3 is 0 Å². The van der Waals surface area contributed by atoms with E-state index in [0.29, 0.717) is 17.8 Å². The van der Waals surface area contributed by atoms with Crippen molar-refractivity contribution in [3.8, 4) is 21.5 Å². The second-order valence-corrected chi connectivity index (χ2v) is 5.68. The molecule has 22 heavy (non-hydrogen) atoms. The molecular formula is C14H16ClN5OS. The van der Waals surface area contributed by atoms with Gasteiger partial charge in [-0.25, -0.2) is 4.98 Å². The highest BCUT2D eigenvalue weighted by Crippen LogP contribution is 2.29. The average Bonchev–Trinajstić information content (AvgIpc) is 3.17. The quantitative estimate of drug-likeness (QED) is 0.771. The number of likely N-dealkylation sites (N-methyl/N-ethyl adjacent to an activating group) is 1. The van der Waals surface area contributed by atoms with Crippen LogP contribution in [0.3, 0.4) is 0 Å². The van der Waals surface area contributed by atoms with Gasteiger partial charge in [-0.15, -0.1) is 23.7 Å². The molecule has 3 rings (SSSR count). The number of rotatable bonds is 5. The van der Waals surface area contributed by atoms with Crippen molar-refractivity contribution in [2.45, 2.75) is 19.4 Å². The van der Waals surface area contributed by atoms with Crippen LogP contribution in [0, 0.1) is 0 Å². The first kappa shape index (κ1) is 16.5. The second-order valence-electron chi connectivity index (χ2n) is 4.65. The summed E-state index contributed by atoms with van der Waals surface area (Å²) in [7, 11) is 1.91. The van der Waals surface area contributed by atoms with Gasteiger partial charge in [0.25, 0.3) is 5.89 Å². The molecule has 0 saturated heterocycles. The Morgan fingerprint density at radius 3 is 2.91 bits per heavy atom. The lowest BCUT2D eigenvalue weighted by Crippen LogP contribution is -2.24. The molecule has 8 heteroatoms. The number of nitrogens with zero attached hydrogens (tertiary/aromatic N) is 4. The van der Waals surface area contributed by atoms with E-state index in [9.17, 15) is 0 Å². The number of hydrogen-bond acceptors (Lipinski definition) is 7. The van der Waals surface area contributed by atoms with Crippen LogP contribution in [0.5, 0.6) is 0 Å². The Balaban J connectivity index is 0.00000176. The van der Waals surface area contributed by atoms with Gasteiger partial charge in [-0.2, -0.15) is 4.98 Å². The largest absolute Gasteiger partial charge is 0.333 e. The topological polar surface area (TPSA) is 76.7 Å². The minimum atomic E-state index is 0. The molecule has 0 bridgehead atoms. The zero-order chi connectivity index (χ0) is 14.7. The SMILES string of the molecule is CNC(C)Cc1noc(-c2cnc(-c3ccccn3)s2)n1.Cl. The van der Waals surface area contributed by atoms with Crippen LogP contribution < -0.4 is 5.32 Å². The molecule has 3 aromatic heterocycles. The smallest absolute Gasteiger partial charge is 0.269 e. The van der Waals surface area contributed by atoms with Crippen molar-refractivity contribution in [1.29, 1.82) is 0 Å². The fourth-order valence-corrected chi connectivity index (χ4v) is 2.61. The van der Waals surface area contributed by atoms with Crippen molar-refractivity contribution in [1.82, 2.24) is 25.4 Å². The van der Waals surface area contributed by atoms with Crippen molar-refractivity contribution >= 4 is 23.7 Å². The maximum absolute atomic E-state index is 5.31. The molecule has 1 unspecified atom stereocenters. The maximum Gasteiger partial charge on any atom is 0.269 e. The molecule has 6 nitrogen and oxygen atoms in total. The Kier molecular flexibility index (Phi) is 5.59. The molecule has 3 heterocycles. The molecule has 1 atom stereocenters. The molecule has 0 aromatic carbocycles. The highest BCUT2D eigenvalue weighted by molar-refractivity contribution is 7.18. The lowest BCUT2D eigenvalue weighted by molar-refractivity contribution is 0.419. The molecular weight excluding hydrogens is 322 g/mol. The van der Waals surface area contributed by atoms with E-state index in [1.54, 1.807) is 12.4 Å². The van der Waals surface area contributed by atoms with E-state index in [2.05, 4.69) is 32.3 Å². The summed E-state index contributed by atoms with van der Waals surface area (Å²) in [4.78, 5) is 13.9. The minimum absolute atomic E-state index is 0. The van der Waals surface area contributed by atoms with E-state index >= 15 is 0 Å². The normalized spacial score (nSPS) is 11.9. The van der Waals surface area contributed by atoms with Gasteiger partial charge in [0, 0.05) is 18.7 Å². The number of hydrogen-bond donors (Lipinski definition) is 1. The third-order valence-electron chi connectivity index (χ3n) is 3.05. The second kappa shape index (κ2) is 7.44. The van der Waals surface area contributed by atoms with Crippen LogP contribution in [0.4, 0.5) is 0 Å². The van der Waals surface area contributed by atoms with Crippen molar-refractivity contribution in [3.63, 3.8) is 0 Å². The van der Waals surface area contributed by atoms with Crippen LogP contribution in [-0.4, -0.2) is 33.2 Å². The van der Waals surface area contributed by atoms with Crippen LogP contribution in [0.2, 0.25) is 0 Å². The average molecular weight is 338 g/mol. The molecule has 0 amide bonds. The highest BCUT2D eigenvalue weighted by Gasteiger charge is 2.14. The Hall–Kier alpha value is -1.83. The molecule has 3 aromatic rings. The van der Waals surface area contributed by atoms with Crippen LogP contribution in [0.15, 0.2) is 35.1 Å². The fraction of sp³-hybridized carbons (Fsp3) is 0.286. The Morgan fingerprint density at radius 1 is 1.32 bits per heavy atom. The van der Waals surface area contributed by atoms with E-state index in [1.807, 2.05) is 25.2 Å². The summed E-state index contributed by atoms with van der Waals surface area (Å²) >= 11 is 1.49. The zero-order valence-electron chi connectivity index (χ0n) is 12.2. The summed E-state index contributed by atoms with van der Waals surface area (Å²) < 4.78 is 5.31. The summed E-state index contributed by atoms with van der Waals surface area (Å²) in [5.74, 6) is 1.20. The predicted octanol–water partition coefficient (Wildman–Crippen LogP) is 2.83. The van der Waals surface area contributed by atoms with Crippen LogP contribution >= 0.6 is 23.7 Å². The summed E-state index contributed by atoms with van der Waals surface area (Å²) in [5.41, 5.74) is 0.845. The number of thiazole rings is 1. The van der Waals surface area contributed by atoms with Gasteiger partial charge in [0.1, 0.15) is 9.88 Å². The Bertz CT molecular complexity index is 715. The number of pyridine rings is 1. The summed E-state index contributed by atoms with van der Waals surface area (Å²) in [6.45, 7) is 2.07. The van der Waals surface area contributed by atoms with Gasteiger partial charge in [0.05, 0.1) is 11.9 Å². The maximum atomic E-state index is 5.31. The molecule has 0 aliphatic heterocycles. The summed E-state index contributed by atoms with van der Waals surface area (Å²) in [5, 5.41) is 7.99. The van der Waals surface area contributed by atoms with E-state index in [4.69, 9.17) is 4.52 Å². The molecule has 116 valence electrons. The van der Waals surface area contributed by atoms with Gasteiger partial charge in [0.2, 0.25) is 0 Å². The van der Waals surface area contributed by atoms with Crippen molar-refractivity contribution < 1.29 is 4.52 Å². The number of aromatic nitrogens is 4. The van der Waals surface area contributed by atoms with Crippen LogP contribution in [-0.2, 0) is 6.42 Å². The van der Waals surface area contributed by atoms with E-state index < -0.39 is 0 Å². The minimum Gasteiger partial charge on any atom is -0.333 e. The molecule has 0 fully saturated rings. The Morgan fingerprint density at radius 2 is 2.18 bits per heavy atom. The highest BCUT2D eigenvalue weighted by atomic mass is 35.5. The third-order valence-corrected chi connectivity index (χ3v) is 4.06. The first-order valence-corrected chi connectivity index (χ1v) is 7.45. The van der Waals surface area contributed by atoms with Gasteiger partial charge in [-0.05, 0) is 26.1 Å². The molecule has 0 spiro atoms. The van der Waals surface area contributed by atoms with Gasteiger partial charge < -0.3 is 9.84 Å². The monoisotopic (exact) mass is 337 g/mol. The van der Waals surface area contributed by atoms with Gasteiger partial charge in [0.15, 0.2) is 5.82 Å². The van der Waals surface area contributed by atoms with Crippen LogP contribution in [0.1, 0.15) is 12.7 Å². The lowest BCUT2D eigenvalue weighted by atomic mass is 10.2. The van der Waals surface area contributed by atoms with Gasteiger partial charge in [-0.3, -0.25) is 4.98 Å². The van der Waals surface area contributed by atoms with Crippen LogP contribution in [0.25, 0.3) is 21.5 Å². The summed E-state index contributed by atoms with van der Waals surface area (Å²) in [6.07, 6.45) is 4.22. The molecule has 0 radical (unpaired) electrons. The number of nitrogens with one attached hydrogen (secondary N) is 1. The third kappa shape index (κ3) is 3.68. The standard InChI is InChI=1S/C14H15N5OS.ClH/c1-9(15-2)7-12-18-13(20-19-12)11-8-17-14(21-11)10-5-3-4-6-16-10;/h3-6,8-9,15H,7H2,1-2H3;1H. The van der Waals surface area contributed by atoms with E-state index in [0.717, 1.165) is 22.0 Å². The first-order valence-electron chi connectivity index (χ1n) is 6.63. The van der Waals surface area contributed by atoms with Crippen molar-refractivity contribution in [3.05, 3.63) is 36.4 Å². The molecule has 0 saturated carbocycles. The number of halogens is 1. The molecule has 0 aliphatic rings.